The number of ether oxygens (including phenoxy) is 1. The van der Waals surface area contributed by atoms with E-state index in [0.29, 0.717) is 19.0 Å². The first kappa shape index (κ1) is 11.6. The van der Waals surface area contributed by atoms with Gasteiger partial charge in [0.25, 0.3) is 0 Å². The number of benzene rings is 1. The molecule has 0 fully saturated rings. The summed E-state index contributed by atoms with van der Waals surface area (Å²) in [5.41, 5.74) is 7.86. The summed E-state index contributed by atoms with van der Waals surface area (Å²) in [4.78, 5) is 4.04. The van der Waals surface area contributed by atoms with E-state index in [1.165, 1.54) is 5.56 Å². The Kier molecular flexibility index (Phi) is 4.11. The molecule has 0 aliphatic rings. The van der Waals surface area contributed by atoms with Gasteiger partial charge in [0.15, 0.2) is 0 Å². The van der Waals surface area contributed by atoms with Gasteiger partial charge in [-0.3, -0.25) is 0 Å². The summed E-state index contributed by atoms with van der Waals surface area (Å²) in [6, 6.07) is 13.9. The molecule has 2 N–H and O–H groups in total. The molecule has 3 heteroatoms. The van der Waals surface area contributed by atoms with E-state index < -0.39 is 0 Å². The van der Waals surface area contributed by atoms with Gasteiger partial charge in [-0.05, 0) is 23.6 Å². The lowest BCUT2D eigenvalue weighted by atomic mass is 10.2. The summed E-state index contributed by atoms with van der Waals surface area (Å²) in [6.45, 7) is 1.35. The minimum Gasteiger partial charge on any atom is -0.384 e. The Bertz CT molecular complexity index is 440. The largest absolute Gasteiger partial charge is 0.384 e. The van der Waals surface area contributed by atoms with Crippen LogP contribution in [0.15, 0.2) is 48.7 Å². The fourth-order valence-corrected chi connectivity index (χ4v) is 1.54. The van der Waals surface area contributed by atoms with Gasteiger partial charge in [0.05, 0.1) is 13.2 Å². The smallest absolute Gasteiger partial charge is 0.123 e. The molecule has 0 atom stereocenters. The third kappa shape index (κ3) is 3.89. The first-order valence-corrected chi connectivity index (χ1v) is 5.66. The van der Waals surface area contributed by atoms with Crippen LogP contribution in [-0.2, 0) is 17.8 Å². The second-order valence-corrected chi connectivity index (χ2v) is 3.88. The van der Waals surface area contributed by atoms with E-state index >= 15 is 0 Å². The number of pyridine rings is 1. The Morgan fingerprint density at radius 1 is 1.00 bits per heavy atom. The Morgan fingerprint density at radius 3 is 2.53 bits per heavy atom. The van der Waals surface area contributed by atoms with Gasteiger partial charge in [0.2, 0.25) is 0 Å². The number of hydrogen-bond acceptors (Lipinski definition) is 3. The summed E-state index contributed by atoms with van der Waals surface area (Å²) < 4.78 is 5.59. The molecule has 0 amide bonds. The molecular formula is C14H16N2O. The van der Waals surface area contributed by atoms with Gasteiger partial charge in [-0.25, -0.2) is 4.98 Å². The summed E-state index contributed by atoms with van der Waals surface area (Å²) >= 11 is 0. The molecule has 2 rings (SSSR count). The number of nitrogen functional groups attached to an aromatic ring is 1. The molecule has 3 nitrogen and oxygen atoms in total. The van der Waals surface area contributed by atoms with Gasteiger partial charge < -0.3 is 10.5 Å². The van der Waals surface area contributed by atoms with Crippen molar-refractivity contribution < 1.29 is 4.74 Å². The molecule has 0 spiro atoms. The summed E-state index contributed by atoms with van der Waals surface area (Å²) in [5.74, 6) is 0.555. The average molecular weight is 228 g/mol. The molecule has 0 aliphatic heterocycles. The SMILES string of the molecule is Nc1ccc(CCOCc2ccccc2)cn1. The van der Waals surface area contributed by atoms with Gasteiger partial charge in [0, 0.05) is 6.20 Å². The molecule has 1 aromatic heterocycles. The maximum absolute atomic E-state index is 5.59. The van der Waals surface area contributed by atoms with E-state index in [0.717, 1.165) is 12.0 Å². The van der Waals surface area contributed by atoms with Crippen LogP contribution in [0.3, 0.4) is 0 Å². The molecule has 0 radical (unpaired) electrons. The van der Waals surface area contributed by atoms with E-state index in [1.54, 1.807) is 6.20 Å². The first-order chi connectivity index (χ1) is 8.34. The molecule has 0 unspecified atom stereocenters. The molecule has 1 heterocycles. The average Bonchev–Trinajstić information content (AvgIpc) is 2.38. The lowest BCUT2D eigenvalue weighted by molar-refractivity contribution is 0.124. The lowest BCUT2D eigenvalue weighted by Gasteiger charge is -2.04. The van der Waals surface area contributed by atoms with Crippen molar-refractivity contribution in [3.05, 3.63) is 59.8 Å². The van der Waals surface area contributed by atoms with Gasteiger partial charge in [0.1, 0.15) is 5.82 Å². The van der Waals surface area contributed by atoms with Crippen molar-refractivity contribution in [1.29, 1.82) is 0 Å². The van der Waals surface area contributed by atoms with E-state index in [2.05, 4.69) is 17.1 Å². The molecule has 0 bridgehead atoms. The number of anilines is 1. The van der Waals surface area contributed by atoms with Gasteiger partial charge in [-0.15, -0.1) is 0 Å². The highest BCUT2D eigenvalue weighted by Gasteiger charge is 1.95. The molecule has 88 valence electrons. The summed E-state index contributed by atoms with van der Waals surface area (Å²) in [6.07, 6.45) is 2.65. The fourth-order valence-electron chi connectivity index (χ4n) is 1.54. The highest BCUT2D eigenvalue weighted by atomic mass is 16.5. The standard InChI is InChI=1S/C14H16N2O/c15-14-7-6-12(10-16-14)8-9-17-11-13-4-2-1-3-5-13/h1-7,10H,8-9,11H2,(H2,15,16). The Morgan fingerprint density at radius 2 is 1.82 bits per heavy atom. The van der Waals surface area contributed by atoms with E-state index in [1.807, 2.05) is 30.3 Å². The molecule has 0 saturated heterocycles. The van der Waals surface area contributed by atoms with Crippen LogP contribution in [0, 0.1) is 0 Å². The second-order valence-electron chi connectivity index (χ2n) is 3.88. The zero-order valence-corrected chi connectivity index (χ0v) is 9.67. The lowest BCUT2D eigenvalue weighted by Crippen LogP contribution is -2.00. The van der Waals surface area contributed by atoms with Gasteiger partial charge >= 0.3 is 0 Å². The van der Waals surface area contributed by atoms with Crippen LogP contribution in [-0.4, -0.2) is 11.6 Å². The molecule has 0 saturated carbocycles. The minimum absolute atomic E-state index is 0.555. The zero-order valence-electron chi connectivity index (χ0n) is 9.67. The van der Waals surface area contributed by atoms with Crippen LogP contribution in [0.4, 0.5) is 5.82 Å². The highest BCUT2D eigenvalue weighted by molar-refractivity contribution is 5.29. The predicted octanol–water partition coefficient (Wildman–Crippen LogP) is 2.42. The molecule has 2 aromatic rings. The second kappa shape index (κ2) is 6.01. The van der Waals surface area contributed by atoms with Crippen molar-refractivity contribution in [1.82, 2.24) is 4.98 Å². The Balaban J connectivity index is 1.71. The zero-order chi connectivity index (χ0) is 11.9. The van der Waals surface area contributed by atoms with Crippen LogP contribution in [0.2, 0.25) is 0 Å². The fraction of sp³-hybridized carbons (Fsp3) is 0.214. The highest BCUT2D eigenvalue weighted by Crippen LogP contribution is 2.04. The number of hydrogen-bond donors (Lipinski definition) is 1. The van der Waals surface area contributed by atoms with Crippen LogP contribution in [0.1, 0.15) is 11.1 Å². The predicted molar refractivity (Wildman–Crippen MR) is 68.5 cm³/mol. The third-order valence-electron chi connectivity index (χ3n) is 2.49. The molecule has 17 heavy (non-hydrogen) atoms. The maximum atomic E-state index is 5.59. The van der Waals surface area contributed by atoms with Crippen molar-refractivity contribution in [3.8, 4) is 0 Å². The van der Waals surface area contributed by atoms with Crippen molar-refractivity contribution in [3.63, 3.8) is 0 Å². The summed E-state index contributed by atoms with van der Waals surface area (Å²) in [7, 11) is 0. The van der Waals surface area contributed by atoms with E-state index in [9.17, 15) is 0 Å². The van der Waals surface area contributed by atoms with Crippen molar-refractivity contribution in [2.24, 2.45) is 0 Å². The van der Waals surface area contributed by atoms with Crippen molar-refractivity contribution in [2.45, 2.75) is 13.0 Å². The van der Waals surface area contributed by atoms with Crippen molar-refractivity contribution in [2.75, 3.05) is 12.3 Å². The van der Waals surface area contributed by atoms with Gasteiger partial charge in [-0.2, -0.15) is 0 Å². The number of nitrogens with two attached hydrogens (primary N) is 1. The monoisotopic (exact) mass is 228 g/mol. The molecule has 1 aromatic carbocycles. The summed E-state index contributed by atoms with van der Waals surface area (Å²) in [5, 5.41) is 0. The molecular weight excluding hydrogens is 212 g/mol. The number of rotatable bonds is 5. The third-order valence-corrected chi connectivity index (χ3v) is 2.49. The van der Waals surface area contributed by atoms with Crippen LogP contribution in [0.5, 0.6) is 0 Å². The van der Waals surface area contributed by atoms with Crippen molar-refractivity contribution >= 4 is 5.82 Å². The number of aromatic nitrogens is 1. The number of nitrogens with zero attached hydrogens (tertiary/aromatic N) is 1. The van der Waals surface area contributed by atoms with Crippen LogP contribution < -0.4 is 5.73 Å². The normalized spacial score (nSPS) is 10.4. The minimum atomic E-state index is 0.555. The maximum Gasteiger partial charge on any atom is 0.123 e. The Labute approximate surface area is 101 Å². The quantitative estimate of drug-likeness (QED) is 0.799. The first-order valence-electron chi connectivity index (χ1n) is 5.66. The van der Waals surface area contributed by atoms with E-state index in [4.69, 9.17) is 10.5 Å². The van der Waals surface area contributed by atoms with Crippen LogP contribution in [0.25, 0.3) is 0 Å². The Hall–Kier alpha value is -1.87. The van der Waals surface area contributed by atoms with Crippen LogP contribution >= 0.6 is 0 Å². The van der Waals surface area contributed by atoms with E-state index in [-0.39, 0.29) is 0 Å². The molecule has 0 aliphatic carbocycles. The topological polar surface area (TPSA) is 48.1 Å². The van der Waals surface area contributed by atoms with Gasteiger partial charge in [-0.1, -0.05) is 36.4 Å².